The van der Waals surface area contributed by atoms with E-state index in [9.17, 15) is 9.59 Å². The van der Waals surface area contributed by atoms with Crippen molar-refractivity contribution in [1.29, 1.82) is 0 Å². The second kappa shape index (κ2) is 11.2. The van der Waals surface area contributed by atoms with E-state index in [1.54, 1.807) is 18.2 Å². The van der Waals surface area contributed by atoms with Crippen LogP contribution in [0.2, 0.25) is 0 Å². The third-order valence-electron chi connectivity index (χ3n) is 5.01. The van der Waals surface area contributed by atoms with Gasteiger partial charge in [-0.05, 0) is 35.5 Å². The fraction of sp³-hybridized carbons (Fsp3) is 0.192. The van der Waals surface area contributed by atoms with Crippen molar-refractivity contribution in [3.63, 3.8) is 0 Å². The molecule has 6 nitrogen and oxygen atoms in total. The van der Waals surface area contributed by atoms with Crippen molar-refractivity contribution >= 4 is 40.5 Å². The summed E-state index contributed by atoms with van der Waals surface area (Å²) in [6.45, 7) is 3.63. The molecule has 0 heterocycles. The van der Waals surface area contributed by atoms with Gasteiger partial charge in [-0.2, -0.15) is 0 Å². The summed E-state index contributed by atoms with van der Waals surface area (Å²) in [5.41, 5.74) is 2.92. The molecule has 0 bridgehead atoms. The second-order valence-corrected chi connectivity index (χ2v) is 8.17. The number of rotatable bonds is 7. The van der Waals surface area contributed by atoms with Crippen LogP contribution in [0.1, 0.15) is 30.9 Å². The predicted octanol–water partition coefficient (Wildman–Crippen LogP) is 4.93. The monoisotopic (exact) mass is 461 g/mol. The van der Waals surface area contributed by atoms with Crippen LogP contribution in [0.25, 0.3) is 0 Å². The van der Waals surface area contributed by atoms with E-state index < -0.39 is 5.92 Å². The molecule has 0 aliphatic heterocycles. The lowest BCUT2D eigenvalue weighted by atomic mass is 9.90. The lowest BCUT2D eigenvalue weighted by Gasteiger charge is -2.19. The molecule has 2 amide bonds. The summed E-state index contributed by atoms with van der Waals surface area (Å²) in [4.78, 5) is 25.2. The van der Waals surface area contributed by atoms with Crippen LogP contribution < -0.4 is 20.7 Å². The number of carbonyl (C=O) groups excluding carboxylic acids is 2. The highest BCUT2D eigenvalue weighted by Crippen LogP contribution is 2.29. The summed E-state index contributed by atoms with van der Waals surface area (Å²) in [6, 6.07) is 24.3. The van der Waals surface area contributed by atoms with Crippen LogP contribution in [-0.2, 0) is 9.59 Å². The van der Waals surface area contributed by atoms with Crippen LogP contribution in [0.3, 0.4) is 0 Å². The Labute approximate surface area is 199 Å². The van der Waals surface area contributed by atoms with Crippen LogP contribution in [-0.4, -0.2) is 24.0 Å². The molecule has 3 aromatic carbocycles. The van der Waals surface area contributed by atoms with Crippen LogP contribution in [0.15, 0.2) is 78.9 Å². The molecule has 0 aliphatic carbocycles. The van der Waals surface area contributed by atoms with Gasteiger partial charge in [-0.15, -0.1) is 0 Å². The summed E-state index contributed by atoms with van der Waals surface area (Å²) in [5, 5.41) is 8.81. The van der Waals surface area contributed by atoms with Gasteiger partial charge < -0.3 is 20.7 Å². The molecule has 0 atom stereocenters. The SMILES string of the molecule is COc1cc(NC(=S)NC(=O)C(c2ccccc2)c2ccccc2)ccc1NC(=O)C(C)C. The summed E-state index contributed by atoms with van der Waals surface area (Å²) < 4.78 is 5.40. The van der Waals surface area contributed by atoms with Gasteiger partial charge in [0.05, 0.1) is 18.7 Å². The summed E-state index contributed by atoms with van der Waals surface area (Å²) >= 11 is 5.39. The molecule has 3 N–H and O–H groups in total. The molecule has 0 aromatic heterocycles. The normalized spacial score (nSPS) is 10.6. The molecule has 0 aliphatic rings. The van der Waals surface area contributed by atoms with Crippen molar-refractivity contribution in [1.82, 2.24) is 5.32 Å². The zero-order valence-corrected chi connectivity index (χ0v) is 19.6. The van der Waals surface area contributed by atoms with Gasteiger partial charge >= 0.3 is 0 Å². The van der Waals surface area contributed by atoms with Gasteiger partial charge in [-0.25, -0.2) is 0 Å². The Kier molecular flexibility index (Phi) is 8.16. The maximum absolute atomic E-state index is 13.2. The first kappa shape index (κ1) is 23.9. The van der Waals surface area contributed by atoms with Crippen molar-refractivity contribution in [3.05, 3.63) is 90.0 Å². The van der Waals surface area contributed by atoms with E-state index in [1.807, 2.05) is 74.5 Å². The summed E-state index contributed by atoms with van der Waals surface area (Å²) in [5.74, 6) is -0.523. The Hall–Kier alpha value is -3.71. The minimum absolute atomic E-state index is 0.107. The number of anilines is 2. The van der Waals surface area contributed by atoms with E-state index in [2.05, 4.69) is 16.0 Å². The lowest BCUT2D eigenvalue weighted by Crippen LogP contribution is -2.37. The number of amides is 2. The third kappa shape index (κ3) is 6.40. The van der Waals surface area contributed by atoms with Gasteiger partial charge in [-0.1, -0.05) is 74.5 Å². The van der Waals surface area contributed by atoms with E-state index >= 15 is 0 Å². The zero-order valence-electron chi connectivity index (χ0n) is 18.8. The van der Waals surface area contributed by atoms with Gasteiger partial charge in [0.2, 0.25) is 11.8 Å². The Morgan fingerprint density at radius 1 is 0.818 bits per heavy atom. The van der Waals surface area contributed by atoms with E-state index in [4.69, 9.17) is 17.0 Å². The highest BCUT2D eigenvalue weighted by molar-refractivity contribution is 7.80. The highest BCUT2D eigenvalue weighted by Gasteiger charge is 2.23. The molecule has 0 saturated heterocycles. The second-order valence-electron chi connectivity index (χ2n) is 7.76. The van der Waals surface area contributed by atoms with E-state index in [0.717, 1.165) is 11.1 Å². The number of hydrogen-bond acceptors (Lipinski definition) is 4. The fourth-order valence-electron chi connectivity index (χ4n) is 3.28. The maximum Gasteiger partial charge on any atom is 0.238 e. The molecule has 0 unspecified atom stereocenters. The van der Waals surface area contributed by atoms with E-state index in [0.29, 0.717) is 17.1 Å². The largest absolute Gasteiger partial charge is 0.494 e. The van der Waals surface area contributed by atoms with Crippen molar-refractivity contribution < 1.29 is 14.3 Å². The average molecular weight is 462 g/mol. The number of nitrogens with one attached hydrogen (secondary N) is 3. The molecule has 170 valence electrons. The van der Waals surface area contributed by atoms with Crippen molar-refractivity contribution in [3.8, 4) is 5.75 Å². The quantitative estimate of drug-likeness (QED) is 0.435. The van der Waals surface area contributed by atoms with Gasteiger partial charge in [0.25, 0.3) is 0 Å². The Morgan fingerprint density at radius 2 is 1.39 bits per heavy atom. The van der Waals surface area contributed by atoms with Crippen LogP contribution >= 0.6 is 12.2 Å². The lowest BCUT2D eigenvalue weighted by molar-refractivity contribution is -0.120. The average Bonchev–Trinajstić information content (AvgIpc) is 2.81. The molecule has 3 aromatic rings. The molecule has 0 radical (unpaired) electrons. The summed E-state index contributed by atoms with van der Waals surface area (Å²) in [6.07, 6.45) is 0. The van der Waals surface area contributed by atoms with Crippen LogP contribution in [0.5, 0.6) is 5.75 Å². The number of ether oxygens (including phenoxy) is 1. The van der Waals surface area contributed by atoms with Gasteiger partial charge in [0, 0.05) is 17.7 Å². The fourth-order valence-corrected chi connectivity index (χ4v) is 3.50. The molecular formula is C26H27N3O3S. The number of benzene rings is 3. The molecule has 3 rings (SSSR count). The smallest absolute Gasteiger partial charge is 0.238 e. The predicted molar refractivity (Wildman–Crippen MR) is 136 cm³/mol. The highest BCUT2D eigenvalue weighted by atomic mass is 32.1. The Morgan fingerprint density at radius 3 is 1.91 bits per heavy atom. The van der Waals surface area contributed by atoms with Gasteiger partial charge in [0.15, 0.2) is 5.11 Å². The Bertz CT molecular complexity index is 1080. The first-order chi connectivity index (χ1) is 15.9. The van der Waals surface area contributed by atoms with Gasteiger partial charge in [0.1, 0.15) is 5.75 Å². The van der Waals surface area contributed by atoms with Crippen LogP contribution in [0, 0.1) is 5.92 Å². The van der Waals surface area contributed by atoms with Crippen molar-refractivity contribution in [2.24, 2.45) is 5.92 Å². The number of methoxy groups -OCH3 is 1. The standard InChI is InChI=1S/C26H27N3O3S/c1-17(2)24(30)28-21-15-14-20(16-22(21)32-3)27-26(33)29-25(31)23(18-10-6-4-7-11-18)19-12-8-5-9-13-19/h4-17,23H,1-3H3,(H,28,30)(H2,27,29,31,33). The first-order valence-electron chi connectivity index (χ1n) is 10.6. The number of thiocarbonyl (C=S) groups is 1. The molecule has 0 saturated carbocycles. The first-order valence-corrected chi connectivity index (χ1v) is 11.0. The topological polar surface area (TPSA) is 79.5 Å². The Balaban J connectivity index is 1.74. The minimum atomic E-state index is -0.504. The number of hydrogen-bond donors (Lipinski definition) is 3. The molecule has 7 heteroatoms. The summed E-state index contributed by atoms with van der Waals surface area (Å²) in [7, 11) is 1.52. The maximum atomic E-state index is 13.2. The van der Waals surface area contributed by atoms with Crippen molar-refractivity contribution in [2.45, 2.75) is 19.8 Å². The molecule has 33 heavy (non-hydrogen) atoms. The van der Waals surface area contributed by atoms with E-state index in [-0.39, 0.29) is 22.8 Å². The zero-order chi connectivity index (χ0) is 23.8. The number of carbonyl (C=O) groups is 2. The minimum Gasteiger partial charge on any atom is -0.494 e. The third-order valence-corrected chi connectivity index (χ3v) is 5.21. The van der Waals surface area contributed by atoms with Gasteiger partial charge in [-0.3, -0.25) is 9.59 Å². The van der Waals surface area contributed by atoms with Crippen molar-refractivity contribution in [2.75, 3.05) is 17.7 Å². The van der Waals surface area contributed by atoms with E-state index in [1.165, 1.54) is 7.11 Å². The molecular weight excluding hydrogens is 434 g/mol. The molecule has 0 spiro atoms. The van der Waals surface area contributed by atoms with Crippen LogP contribution in [0.4, 0.5) is 11.4 Å². The molecule has 0 fully saturated rings.